The van der Waals surface area contributed by atoms with E-state index in [9.17, 15) is 4.79 Å². The van der Waals surface area contributed by atoms with Crippen LogP contribution in [0.3, 0.4) is 0 Å². The molecule has 5 heteroatoms. The van der Waals surface area contributed by atoms with Crippen molar-refractivity contribution in [2.75, 3.05) is 0 Å². The number of aromatic nitrogens is 1. The molecule has 2 rings (SSSR count). The number of nitrogens with zero attached hydrogens (tertiary/aromatic N) is 1. The van der Waals surface area contributed by atoms with E-state index in [4.69, 9.17) is 4.42 Å². The van der Waals surface area contributed by atoms with Gasteiger partial charge in [-0.2, -0.15) is 0 Å². The monoisotopic (exact) mass is 290 g/mol. The maximum Gasteiger partial charge on any atom is 0.244 e. The van der Waals surface area contributed by atoms with Crippen molar-refractivity contribution in [1.82, 2.24) is 10.3 Å². The summed E-state index contributed by atoms with van der Waals surface area (Å²) < 4.78 is 5.47. The van der Waals surface area contributed by atoms with E-state index in [-0.39, 0.29) is 11.9 Å². The van der Waals surface area contributed by atoms with Crippen molar-refractivity contribution in [2.24, 2.45) is 0 Å². The summed E-state index contributed by atoms with van der Waals surface area (Å²) in [5, 5.41) is 5.83. The minimum absolute atomic E-state index is 0.0817. The first kappa shape index (κ1) is 14.5. The Balaban J connectivity index is 1.97. The van der Waals surface area contributed by atoms with Gasteiger partial charge in [-0.1, -0.05) is 0 Å². The van der Waals surface area contributed by atoms with E-state index >= 15 is 0 Å². The van der Waals surface area contributed by atoms with Gasteiger partial charge < -0.3 is 9.73 Å². The molecule has 0 spiro atoms. The second-order valence-electron chi connectivity index (χ2n) is 4.72. The van der Waals surface area contributed by atoms with Gasteiger partial charge in [-0.05, 0) is 39.8 Å². The Bertz CT molecular complexity index is 640. The third-order valence-corrected chi connectivity index (χ3v) is 3.74. The minimum Gasteiger partial charge on any atom is -0.466 e. The summed E-state index contributed by atoms with van der Waals surface area (Å²) in [4.78, 5) is 16.1. The average Bonchev–Trinajstić information content (AvgIpc) is 2.92. The first-order chi connectivity index (χ1) is 9.45. The molecule has 2 aromatic heterocycles. The van der Waals surface area contributed by atoms with Gasteiger partial charge in [0.25, 0.3) is 0 Å². The SMILES string of the molecule is Cc1cc([C@H](C)NC(=O)/C=C/c2csc(C)n2)c(C)o1. The Labute approximate surface area is 122 Å². The van der Waals surface area contributed by atoms with E-state index < -0.39 is 0 Å². The fourth-order valence-electron chi connectivity index (χ4n) is 2.04. The Hall–Kier alpha value is -1.88. The molecule has 106 valence electrons. The number of hydrogen-bond acceptors (Lipinski definition) is 4. The molecule has 0 aliphatic rings. The molecule has 0 unspecified atom stereocenters. The van der Waals surface area contributed by atoms with E-state index in [1.807, 2.05) is 39.1 Å². The number of nitrogens with one attached hydrogen (secondary N) is 1. The third-order valence-electron chi connectivity index (χ3n) is 2.95. The molecule has 0 radical (unpaired) electrons. The summed E-state index contributed by atoms with van der Waals surface area (Å²) in [6.45, 7) is 7.68. The standard InChI is InChI=1S/C15H18N2O2S/c1-9-7-14(11(3)19-9)10(2)16-15(18)6-5-13-8-20-12(4)17-13/h5-8,10H,1-4H3,(H,16,18)/b6-5+/t10-/m0/s1. The van der Waals surface area contributed by atoms with Crippen molar-refractivity contribution in [3.63, 3.8) is 0 Å². The quantitative estimate of drug-likeness (QED) is 0.876. The Morgan fingerprint density at radius 3 is 2.75 bits per heavy atom. The normalized spacial score (nSPS) is 12.8. The van der Waals surface area contributed by atoms with Crippen LogP contribution in [-0.4, -0.2) is 10.9 Å². The predicted octanol–water partition coefficient (Wildman–Crippen LogP) is 3.55. The number of thiazole rings is 1. The van der Waals surface area contributed by atoms with E-state index in [1.165, 1.54) is 6.08 Å². The molecule has 0 aliphatic heterocycles. The van der Waals surface area contributed by atoms with Crippen molar-refractivity contribution in [3.05, 3.63) is 45.3 Å². The van der Waals surface area contributed by atoms with Gasteiger partial charge in [0.05, 0.1) is 16.7 Å². The van der Waals surface area contributed by atoms with Gasteiger partial charge in [0, 0.05) is 17.0 Å². The van der Waals surface area contributed by atoms with E-state index in [1.54, 1.807) is 17.4 Å². The van der Waals surface area contributed by atoms with Gasteiger partial charge in [0.1, 0.15) is 11.5 Å². The molecule has 0 fully saturated rings. The van der Waals surface area contributed by atoms with Gasteiger partial charge in [-0.3, -0.25) is 4.79 Å². The Morgan fingerprint density at radius 1 is 1.45 bits per heavy atom. The number of amides is 1. The molecule has 0 saturated carbocycles. The molecule has 2 heterocycles. The summed E-state index contributed by atoms with van der Waals surface area (Å²) in [5.41, 5.74) is 1.82. The van der Waals surface area contributed by atoms with Gasteiger partial charge >= 0.3 is 0 Å². The average molecular weight is 290 g/mol. The maximum atomic E-state index is 11.9. The fraction of sp³-hybridized carbons (Fsp3) is 0.333. The summed E-state index contributed by atoms with van der Waals surface area (Å²) in [6, 6.07) is 1.87. The number of aryl methyl sites for hydroxylation is 3. The fourth-order valence-corrected chi connectivity index (χ4v) is 2.62. The molecule has 0 aliphatic carbocycles. The van der Waals surface area contributed by atoms with E-state index in [0.29, 0.717) is 0 Å². The highest BCUT2D eigenvalue weighted by Gasteiger charge is 2.13. The highest BCUT2D eigenvalue weighted by atomic mass is 32.1. The number of furan rings is 1. The van der Waals surface area contributed by atoms with Crippen LogP contribution in [0.4, 0.5) is 0 Å². The molecular weight excluding hydrogens is 272 g/mol. The molecule has 1 amide bonds. The number of hydrogen-bond donors (Lipinski definition) is 1. The van der Waals surface area contributed by atoms with E-state index in [2.05, 4.69) is 10.3 Å². The van der Waals surface area contributed by atoms with Crippen molar-refractivity contribution >= 4 is 23.3 Å². The number of rotatable bonds is 4. The molecule has 4 nitrogen and oxygen atoms in total. The predicted molar refractivity (Wildman–Crippen MR) is 80.6 cm³/mol. The van der Waals surface area contributed by atoms with Crippen LogP contribution in [0, 0.1) is 20.8 Å². The first-order valence-electron chi connectivity index (χ1n) is 6.43. The van der Waals surface area contributed by atoms with Gasteiger partial charge in [0.2, 0.25) is 5.91 Å². The van der Waals surface area contributed by atoms with Crippen molar-refractivity contribution in [1.29, 1.82) is 0 Å². The second kappa shape index (κ2) is 6.05. The topological polar surface area (TPSA) is 55.1 Å². The molecule has 0 bridgehead atoms. The Kier molecular flexibility index (Phi) is 4.39. The largest absolute Gasteiger partial charge is 0.466 e. The number of carbonyl (C=O) groups excluding carboxylic acids is 1. The van der Waals surface area contributed by atoms with Crippen LogP contribution >= 0.6 is 11.3 Å². The lowest BCUT2D eigenvalue weighted by Crippen LogP contribution is -2.24. The molecule has 0 aromatic carbocycles. The lowest BCUT2D eigenvalue weighted by atomic mass is 10.1. The van der Waals surface area contributed by atoms with Crippen LogP contribution in [0.1, 0.15) is 40.8 Å². The zero-order valence-electron chi connectivity index (χ0n) is 12.1. The van der Waals surface area contributed by atoms with Crippen molar-refractivity contribution in [3.8, 4) is 0 Å². The second-order valence-corrected chi connectivity index (χ2v) is 5.79. The van der Waals surface area contributed by atoms with Crippen LogP contribution in [0.15, 0.2) is 21.9 Å². The lowest BCUT2D eigenvalue weighted by molar-refractivity contribution is -0.117. The zero-order valence-corrected chi connectivity index (χ0v) is 12.9. The van der Waals surface area contributed by atoms with Crippen molar-refractivity contribution in [2.45, 2.75) is 33.7 Å². The van der Waals surface area contributed by atoms with Gasteiger partial charge in [-0.25, -0.2) is 4.98 Å². The van der Waals surface area contributed by atoms with Crippen LogP contribution in [0.2, 0.25) is 0 Å². The van der Waals surface area contributed by atoms with Crippen LogP contribution < -0.4 is 5.32 Å². The highest BCUT2D eigenvalue weighted by Crippen LogP contribution is 2.21. The van der Waals surface area contributed by atoms with Crippen LogP contribution in [-0.2, 0) is 4.79 Å². The minimum atomic E-state index is -0.138. The molecule has 2 aromatic rings. The molecular formula is C15H18N2O2S. The molecule has 1 N–H and O–H groups in total. The molecule has 20 heavy (non-hydrogen) atoms. The van der Waals surface area contributed by atoms with Crippen molar-refractivity contribution < 1.29 is 9.21 Å². The van der Waals surface area contributed by atoms with E-state index in [0.717, 1.165) is 27.8 Å². The third kappa shape index (κ3) is 3.57. The first-order valence-corrected chi connectivity index (χ1v) is 7.31. The summed E-state index contributed by atoms with van der Waals surface area (Å²) in [5.74, 6) is 1.56. The summed E-state index contributed by atoms with van der Waals surface area (Å²) in [7, 11) is 0. The van der Waals surface area contributed by atoms with Crippen LogP contribution in [0.25, 0.3) is 6.08 Å². The highest BCUT2D eigenvalue weighted by molar-refractivity contribution is 7.09. The molecule has 1 atom stereocenters. The lowest BCUT2D eigenvalue weighted by Gasteiger charge is -2.11. The number of carbonyl (C=O) groups is 1. The molecule has 0 saturated heterocycles. The zero-order chi connectivity index (χ0) is 14.7. The summed E-state index contributed by atoms with van der Waals surface area (Å²) in [6.07, 6.45) is 3.23. The van der Waals surface area contributed by atoms with Gasteiger partial charge in [0.15, 0.2) is 0 Å². The Morgan fingerprint density at radius 2 is 2.20 bits per heavy atom. The maximum absolute atomic E-state index is 11.9. The summed E-state index contributed by atoms with van der Waals surface area (Å²) >= 11 is 1.57. The van der Waals surface area contributed by atoms with Gasteiger partial charge in [-0.15, -0.1) is 11.3 Å². The van der Waals surface area contributed by atoms with Crippen LogP contribution in [0.5, 0.6) is 0 Å². The smallest absolute Gasteiger partial charge is 0.244 e.